The summed E-state index contributed by atoms with van der Waals surface area (Å²) in [5.74, 6) is 0.160. The molecule has 0 heterocycles. The highest BCUT2D eigenvalue weighted by Gasteiger charge is 2.47. The van der Waals surface area contributed by atoms with Crippen LogP contribution in [0.2, 0.25) is 0 Å². The van der Waals surface area contributed by atoms with Crippen LogP contribution in [0.1, 0.15) is 26.7 Å². The summed E-state index contributed by atoms with van der Waals surface area (Å²) >= 11 is 0. The predicted octanol–water partition coefficient (Wildman–Crippen LogP) is 1.10. The molecule has 1 saturated carbocycles. The number of rotatable bonds is 3. The highest BCUT2D eigenvalue weighted by atomic mass is 35.5. The van der Waals surface area contributed by atoms with Gasteiger partial charge in [-0.2, -0.15) is 0 Å². The van der Waals surface area contributed by atoms with Crippen molar-refractivity contribution in [2.24, 2.45) is 11.7 Å². The normalized spacial score (nSPS) is 18.3. The number of esters is 1. The molecule has 0 unspecified atom stereocenters. The van der Waals surface area contributed by atoms with Gasteiger partial charge in [0.1, 0.15) is 5.54 Å². The van der Waals surface area contributed by atoms with Crippen LogP contribution >= 0.6 is 12.4 Å². The fraction of sp³-hybridized carbons (Fsp3) is 0.875. The number of carbonyl (C=O) groups is 1. The number of halogens is 1. The van der Waals surface area contributed by atoms with Crippen LogP contribution in [0.15, 0.2) is 0 Å². The summed E-state index contributed by atoms with van der Waals surface area (Å²) in [6.45, 7) is 4.49. The van der Waals surface area contributed by atoms with Crippen LogP contribution in [-0.2, 0) is 9.53 Å². The first-order chi connectivity index (χ1) is 5.04. The molecule has 0 aliphatic heterocycles. The third-order valence-electron chi connectivity index (χ3n) is 1.74. The Hall–Kier alpha value is -0.280. The third kappa shape index (κ3) is 2.99. The summed E-state index contributed by atoms with van der Waals surface area (Å²) in [7, 11) is 0. The Morgan fingerprint density at radius 1 is 1.58 bits per heavy atom. The van der Waals surface area contributed by atoms with E-state index in [2.05, 4.69) is 0 Å². The molecule has 0 aromatic rings. The van der Waals surface area contributed by atoms with Gasteiger partial charge in [0.05, 0.1) is 6.61 Å². The van der Waals surface area contributed by atoms with Crippen molar-refractivity contribution in [1.82, 2.24) is 0 Å². The van der Waals surface area contributed by atoms with Crippen LogP contribution in [-0.4, -0.2) is 18.1 Å². The minimum absolute atomic E-state index is 0. The van der Waals surface area contributed by atoms with E-state index >= 15 is 0 Å². The molecule has 12 heavy (non-hydrogen) atoms. The monoisotopic (exact) mass is 193 g/mol. The second-order valence-electron chi connectivity index (χ2n) is 3.65. The largest absolute Gasteiger partial charge is 0.464 e. The highest BCUT2D eigenvalue weighted by Crippen LogP contribution is 2.33. The van der Waals surface area contributed by atoms with E-state index in [0.717, 1.165) is 12.8 Å². The SMILES string of the molecule is CC(C)COC(=O)C1(N)CC1.Cl. The first kappa shape index (κ1) is 11.7. The minimum atomic E-state index is -0.616. The quantitative estimate of drug-likeness (QED) is 0.683. The van der Waals surface area contributed by atoms with Gasteiger partial charge in [-0.05, 0) is 18.8 Å². The molecule has 0 spiro atoms. The molecule has 1 aliphatic rings. The molecule has 0 aromatic carbocycles. The van der Waals surface area contributed by atoms with Crippen LogP contribution in [0.3, 0.4) is 0 Å². The molecule has 3 nitrogen and oxygen atoms in total. The van der Waals surface area contributed by atoms with Crippen molar-refractivity contribution in [3.63, 3.8) is 0 Å². The second kappa shape index (κ2) is 4.10. The number of hydrogen-bond acceptors (Lipinski definition) is 3. The maximum Gasteiger partial charge on any atom is 0.326 e. The lowest BCUT2D eigenvalue weighted by atomic mass is 10.2. The van der Waals surface area contributed by atoms with E-state index in [4.69, 9.17) is 10.5 Å². The smallest absolute Gasteiger partial charge is 0.326 e. The van der Waals surface area contributed by atoms with Gasteiger partial charge in [0.15, 0.2) is 0 Å². The summed E-state index contributed by atoms with van der Waals surface area (Å²) in [6.07, 6.45) is 1.56. The number of carbonyl (C=O) groups excluding carboxylic acids is 1. The molecular weight excluding hydrogens is 178 g/mol. The van der Waals surface area contributed by atoms with Gasteiger partial charge < -0.3 is 10.5 Å². The van der Waals surface area contributed by atoms with Gasteiger partial charge >= 0.3 is 5.97 Å². The molecule has 0 aromatic heterocycles. The first-order valence-corrected chi connectivity index (χ1v) is 4.01. The van der Waals surface area contributed by atoms with E-state index in [-0.39, 0.29) is 18.4 Å². The number of ether oxygens (including phenoxy) is 1. The molecule has 1 fully saturated rings. The Labute approximate surface area is 79.1 Å². The van der Waals surface area contributed by atoms with E-state index in [1.165, 1.54) is 0 Å². The molecule has 0 radical (unpaired) electrons. The lowest BCUT2D eigenvalue weighted by Crippen LogP contribution is -2.35. The van der Waals surface area contributed by atoms with Gasteiger partial charge in [-0.1, -0.05) is 13.8 Å². The fourth-order valence-electron chi connectivity index (χ4n) is 0.725. The van der Waals surface area contributed by atoms with Crippen LogP contribution in [0.4, 0.5) is 0 Å². The Bertz CT molecular complexity index is 166. The van der Waals surface area contributed by atoms with Gasteiger partial charge in [0.2, 0.25) is 0 Å². The lowest BCUT2D eigenvalue weighted by Gasteiger charge is -2.10. The molecule has 0 saturated heterocycles. The minimum Gasteiger partial charge on any atom is -0.464 e. The van der Waals surface area contributed by atoms with Crippen molar-refractivity contribution in [1.29, 1.82) is 0 Å². The fourth-order valence-corrected chi connectivity index (χ4v) is 0.725. The lowest BCUT2D eigenvalue weighted by molar-refractivity contribution is -0.147. The maximum absolute atomic E-state index is 11.1. The molecule has 0 amide bonds. The molecule has 0 bridgehead atoms. The number of nitrogens with two attached hydrogens (primary N) is 1. The maximum atomic E-state index is 11.1. The van der Waals surface area contributed by atoms with Crippen molar-refractivity contribution in [3.05, 3.63) is 0 Å². The second-order valence-corrected chi connectivity index (χ2v) is 3.65. The summed E-state index contributed by atoms with van der Waals surface area (Å²) in [4.78, 5) is 11.1. The van der Waals surface area contributed by atoms with Crippen molar-refractivity contribution >= 4 is 18.4 Å². The average Bonchev–Trinajstić information content (AvgIpc) is 2.64. The van der Waals surface area contributed by atoms with E-state index in [9.17, 15) is 4.79 Å². The van der Waals surface area contributed by atoms with Crippen LogP contribution in [0.5, 0.6) is 0 Å². The van der Waals surface area contributed by atoms with E-state index in [0.29, 0.717) is 12.5 Å². The average molecular weight is 194 g/mol. The zero-order valence-electron chi connectivity index (χ0n) is 7.50. The Morgan fingerprint density at radius 3 is 2.42 bits per heavy atom. The van der Waals surface area contributed by atoms with Gasteiger partial charge in [-0.15, -0.1) is 12.4 Å². The molecule has 2 N–H and O–H groups in total. The van der Waals surface area contributed by atoms with Gasteiger partial charge in [-0.3, -0.25) is 4.79 Å². The van der Waals surface area contributed by atoms with Crippen LogP contribution in [0.25, 0.3) is 0 Å². The molecule has 0 atom stereocenters. The van der Waals surface area contributed by atoms with Crippen molar-refractivity contribution in [2.45, 2.75) is 32.2 Å². The summed E-state index contributed by atoms with van der Waals surface area (Å²) in [5, 5.41) is 0. The van der Waals surface area contributed by atoms with Gasteiger partial charge in [0.25, 0.3) is 0 Å². The molecule has 4 heteroatoms. The Kier molecular flexibility index (Phi) is 4.00. The van der Waals surface area contributed by atoms with Crippen molar-refractivity contribution in [3.8, 4) is 0 Å². The van der Waals surface area contributed by atoms with Gasteiger partial charge in [0, 0.05) is 0 Å². The van der Waals surface area contributed by atoms with Crippen LogP contribution < -0.4 is 5.73 Å². The van der Waals surface area contributed by atoms with Crippen LogP contribution in [0, 0.1) is 5.92 Å². The zero-order chi connectivity index (χ0) is 8.48. The molecule has 72 valence electrons. The predicted molar refractivity (Wildman–Crippen MR) is 49.2 cm³/mol. The Morgan fingerprint density at radius 2 is 2.08 bits per heavy atom. The third-order valence-corrected chi connectivity index (χ3v) is 1.74. The molecular formula is C8H16ClNO2. The Balaban J connectivity index is 0.00000121. The summed E-state index contributed by atoms with van der Waals surface area (Å²) < 4.78 is 4.97. The summed E-state index contributed by atoms with van der Waals surface area (Å²) in [5.41, 5.74) is 4.99. The summed E-state index contributed by atoms with van der Waals surface area (Å²) in [6, 6.07) is 0. The number of hydrogen-bond donors (Lipinski definition) is 1. The van der Waals surface area contributed by atoms with Gasteiger partial charge in [-0.25, -0.2) is 0 Å². The standard InChI is InChI=1S/C8H15NO2.ClH/c1-6(2)5-11-7(10)8(9)3-4-8;/h6H,3-5,9H2,1-2H3;1H. The van der Waals surface area contributed by atoms with E-state index < -0.39 is 5.54 Å². The van der Waals surface area contributed by atoms with E-state index in [1.807, 2.05) is 13.8 Å². The van der Waals surface area contributed by atoms with E-state index in [1.54, 1.807) is 0 Å². The zero-order valence-corrected chi connectivity index (χ0v) is 8.32. The molecule has 1 aliphatic carbocycles. The first-order valence-electron chi connectivity index (χ1n) is 4.01. The van der Waals surface area contributed by atoms with Crippen molar-refractivity contribution in [2.75, 3.05) is 6.61 Å². The topological polar surface area (TPSA) is 52.3 Å². The highest BCUT2D eigenvalue weighted by molar-refractivity contribution is 5.85. The molecule has 1 rings (SSSR count). The van der Waals surface area contributed by atoms with Crippen molar-refractivity contribution < 1.29 is 9.53 Å².